The van der Waals surface area contributed by atoms with Gasteiger partial charge in [-0.15, -0.1) is 0 Å². The molecule has 6 nitrogen and oxygen atoms in total. The van der Waals surface area contributed by atoms with E-state index in [2.05, 4.69) is 31.1 Å². The van der Waals surface area contributed by atoms with Crippen molar-refractivity contribution in [2.45, 2.75) is 20.0 Å². The zero-order chi connectivity index (χ0) is 20.6. The molecular formula is C19H34ClNO5. The van der Waals surface area contributed by atoms with Crippen molar-refractivity contribution in [3.8, 4) is 0 Å². The molecule has 0 amide bonds. The Labute approximate surface area is 164 Å². The van der Waals surface area contributed by atoms with Crippen molar-refractivity contribution < 1.29 is 41.1 Å². The number of carbonyl (C=O) groups is 2. The number of carbonyl (C=O) groups excluding carboxylic acids is 2. The molecule has 26 heavy (non-hydrogen) atoms. The first-order chi connectivity index (χ1) is 11.3. The maximum Gasteiger partial charge on any atom is 0.333 e. The molecule has 1 N–H and O–H groups in total. The smallest absolute Gasteiger partial charge is 0.333 e. The summed E-state index contributed by atoms with van der Waals surface area (Å²) in [6.45, 7) is 17.7. The van der Waals surface area contributed by atoms with Crippen LogP contribution in [0.25, 0.3) is 0 Å². The third kappa shape index (κ3) is 30.0. The van der Waals surface area contributed by atoms with E-state index >= 15 is 0 Å². The Kier molecular flexibility index (Phi) is 21.9. The van der Waals surface area contributed by atoms with Gasteiger partial charge in [-0.2, -0.15) is 0 Å². The second-order valence-electron chi connectivity index (χ2n) is 6.28. The van der Waals surface area contributed by atoms with Crippen LogP contribution in [0.15, 0.2) is 49.6 Å². The number of hydrogen-bond acceptors (Lipinski definition) is 5. The first-order valence-corrected chi connectivity index (χ1v) is 7.60. The van der Waals surface area contributed by atoms with Gasteiger partial charge in [-0.1, -0.05) is 38.0 Å². The van der Waals surface area contributed by atoms with Crippen LogP contribution in [0, 0.1) is 0 Å². The Hall–Kier alpha value is -1.89. The number of rotatable bonds is 7. The molecule has 0 saturated heterocycles. The SMILES string of the molecule is C=C(C)C(=O)OCC(O)C[N+](C)(C)C.C=CC(=C)C.C=CC(=O)OC.[Cl-]. The Bertz CT molecular complexity index is 467. The summed E-state index contributed by atoms with van der Waals surface area (Å²) in [6.07, 6.45) is 2.21. The van der Waals surface area contributed by atoms with Gasteiger partial charge in [0.2, 0.25) is 0 Å². The summed E-state index contributed by atoms with van der Waals surface area (Å²) >= 11 is 0. The van der Waals surface area contributed by atoms with Crippen molar-refractivity contribution in [1.29, 1.82) is 0 Å². The van der Waals surface area contributed by atoms with Crippen LogP contribution in [-0.2, 0) is 19.1 Å². The van der Waals surface area contributed by atoms with Crippen molar-refractivity contribution in [2.24, 2.45) is 0 Å². The zero-order valence-electron chi connectivity index (χ0n) is 16.9. The molecule has 152 valence electrons. The molecule has 0 spiro atoms. The number of esters is 2. The Morgan fingerprint density at radius 3 is 1.73 bits per heavy atom. The van der Waals surface area contributed by atoms with Gasteiger partial charge in [0.15, 0.2) is 0 Å². The van der Waals surface area contributed by atoms with E-state index in [-0.39, 0.29) is 19.0 Å². The summed E-state index contributed by atoms with van der Waals surface area (Å²) in [5.74, 6) is -0.847. The summed E-state index contributed by atoms with van der Waals surface area (Å²) in [7, 11) is 7.20. The summed E-state index contributed by atoms with van der Waals surface area (Å²) in [4.78, 5) is 20.8. The Morgan fingerprint density at radius 1 is 1.12 bits per heavy atom. The van der Waals surface area contributed by atoms with Crippen molar-refractivity contribution in [1.82, 2.24) is 0 Å². The lowest BCUT2D eigenvalue weighted by Crippen LogP contribution is -3.00. The minimum Gasteiger partial charge on any atom is -1.00 e. The number of aliphatic hydroxyl groups excluding tert-OH is 1. The summed E-state index contributed by atoms with van der Waals surface area (Å²) < 4.78 is 9.59. The van der Waals surface area contributed by atoms with Crippen LogP contribution in [0.4, 0.5) is 0 Å². The van der Waals surface area contributed by atoms with Gasteiger partial charge in [0.1, 0.15) is 19.3 Å². The molecule has 0 aromatic heterocycles. The molecule has 0 aromatic carbocycles. The lowest BCUT2D eigenvalue weighted by Gasteiger charge is -2.26. The van der Waals surface area contributed by atoms with Crippen molar-refractivity contribution in [2.75, 3.05) is 41.4 Å². The molecule has 0 bridgehead atoms. The summed E-state index contributed by atoms with van der Waals surface area (Å²) in [5, 5.41) is 9.49. The highest BCUT2D eigenvalue weighted by Gasteiger charge is 2.17. The minimum absolute atomic E-state index is 0. The van der Waals surface area contributed by atoms with Crippen LogP contribution in [0.1, 0.15) is 13.8 Å². The van der Waals surface area contributed by atoms with Crippen molar-refractivity contribution in [3.63, 3.8) is 0 Å². The molecule has 0 aromatic rings. The van der Waals surface area contributed by atoms with E-state index in [4.69, 9.17) is 4.74 Å². The highest BCUT2D eigenvalue weighted by atomic mass is 35.5. The molecule has 1 atom stereocenters. The van der Waals surface area contributed by atoms with Crippen LogP contribution in [0.5, 0.6) is 0 Å². The number of halogens is 1. The second kappa shape index (κ2) is 17.9. The first kappa shape index (κ1) is 31.8. The average Bonchev–Trinajstić information content (AvgIpc) is 2.51. The van der Waals surface area contributed by atoms with E-state index in [0.29, 0.717) is 16.6 Å². The van der Waals surface area contributed by atoms with E-state index < -0.39 is 18.0 Å². The fourth-order valence-electron chi connectivity index (χ4n) is 1.06. The third-order valence-electron chi connectivity index (χ3n) is 2.23. The number of allylic oxidation sites excluding steroid dienone is 2. The molecule has 1 unspecified atom stereocenters. The maximum atomic E-state index is 11.0. The number of hydrogen-bond donors (Lipinski definition) is 1. The van der Waals surface area contributed by atoms with Crippen LogP contribution in [0.3, 0.4) is 0 Å². The van der Waals surface area contributed by atoms with Gasteiger partial charge >= 0.3 is 11.9 Å². The molecule has 0 saturated carbocycles. The van der Waals surface area contributed by atoms with Gasteiger partial charge in [0.05, 0.1) is 28.3 Å². The lowest BCUT2D eigenvalue weighted by atomic mass is 10.3. The highest BCUT2D eigenvalue weighted by Crippen LogP contribution is 1.98. The number of quaternary nitrogens is 1. The van der Waals surface area contributed by atoms with Gasteiger partial charge in [-0.05, 0) is 13.8 Å². The van der Waals surface area contributed by atoms with E-state index in [0.717, 1.165) is 11.6 Å². The fraction of sp³-hybridized carbons (Fsp3) is 0.474. The van der Waals surface area contributed by atoms with Crippen molar-refractivity contribution in [3.05, 3.63) is 49.6 Å². The molecule has 0 radical (unpaired) electrons. The third-order valence-corrected chi connectivity index (χ3v) is 2.23. The summed E-state index contributed by atoms with van der Waals surface area (Å²) in [6, 6.07) is 0. The van der Waals surface area contributed by atoms with Gasteiger partial charge in [-0.3, -0.25) is 0 Å². The van der Waals surface area contributed by atoms with E-state index in [9.17, 15) is 14.7 Å². The quantitative estimate of drug-likeness (QED) is 0.268. The molecule has 7 heteroatoms. The summed E-state index contributed by atoms with van der Waals surface area (Å²) in [5.41, 5.74) is 1.37. The second-order valence-corrected chi connectivity index (χ2v) is 6.28. The number of methoxy groups -OCH3 is 1. The Morgan fingerprint density at radius 2 is 1.54 bits per heavy atom. The molecule has 0 aliphatic rings. The molecule has 0 heterocycles. The molecule has 0 aliphatic carbocycles. The van der Waals surface area contributed by atoms with Crippen LogP contribution >= 0.6 is 0 Å². The van der Waals surface area contributed by atoms with Gasteiger partial charge in [0.25, 0.3) is 0 Å². The largest absolute Gasteiger partial charge is 1.00 e. The van der Waals surface area contributed by atoms with Gasteiger partial charge < -0.3 is 31.5 Å². The van der Waals surface area contributed by atoms with E-state index in [1.807, 2.05) is 28.1 Å². The maximum absolute atomic E-state index is 11.0. The topological polar surface area (TPSA) is 72.8 Å². The van der Waals surface area contributed by atoms with Crippen LogP contribution in [-0.4, -0.2) is 69.0 Å². The predicted molar refractivity (Wildman–Crippen MR) is 102 cm³/mol. The fourth-order valence-corrected chi connectivity index (χ4v) is 1.06. The highest BCUT2D eigenvalue weighted by molar-refractivity contribution is 5.86. The van der Waals surface area contributed by atoms with E-state index in [1.165, 1.54) is 7.11 Å². The van der Waals surface area contributed by atoms with E-state index in [1.54, 1.807) is 13.0 Å². The molecular weight excluding hydrogens is 358 g/mol. The number of aliphatic hydroxyl groups is 1. The van der Waals surface area contributed by atoms with Crippen LogP contribution < -0.4 is 12.4 Å². The normalized spacial score (nSPS) is 10.1. The predicted octanol–water partition coefficient (Wildman–Crippen LogP) is -0.729. The molecule has 0 fully saturated rings. The first-order valence-electron chi connectivity index (χ1n) is 7.60. The number of ether oxygens (including phenoxy) is 2. The lowest BCUT2D eigenvalue weighted by molar-refractivity contribution is -0.873. The van der Waals surface area contributed by atoms with Gasteiger partial charge in [-0.25, -0.2) is 9.59 Å². The average molecular weight is 392 g/mol. The molecule has 0 aliphatic heterocycles. The number of likely N-dealkylation sites (N-methyl/N-ethyl adjacent to an activating group) is 1. The van der Waals surface area contributed by atoms with Crippen molar-refractivity contribution >= 4 is 11.9 Å². The zero-order valence-corrected chi connectivity index (χ0v) is 17.6. The van der Waals surface area contributed by atoms with Gasteiger partial charge in [0, 0.05) is 11.6 Å². The monoisotopic (exact) mass is 391 g/mol. The number of nitrogens with zero attached hydrogens (tertiary/aromatic N) is 1. The standard InChI is InChI=1S/C10H20NO3.C5H8.C4H6O2.ClH/c1-8(2)10(13)14-7-9(12)6-11(3,4)5;1-4-5(2)3;1-3-4(5)6-2;/h9,12H,1,6-7H2,2-5H3;4H,1-2H2,3H3;3H,1H2,2H3;1H/q+1;;;/p-1. The molecule has 0 rings (SSSR count). The minimum atomic E-state index is -0.627. The Balaban J connectivity index is -0.000000168. The van der Waals surface area contributed by atoms with Crippen LogP contribution in [0.2, 0.25) is 0 Å².